The quantitative estimate of drug-likeness (QED) is 0.725. The maximum atomic E-state index is 5.80. The second-order valence-electron chi connectivity index (χ2n) is 3.03. The summed E-state index contributed by atoms with van der Waals surface area (Å²) in [6, 6.07) is 5.79. The van der Waals surface area contributed by atoms with Crippen molar-refractivity contribution in [3.63, 3.8) is 0 Å². The van der Waals surface area contributed by atoms with Gasteiger partial charge < -0.3 is 10.5 Å². The standard InChI is InChI=1S/C9H10ClNO.ClH/c10-7-2-1-6-3-8(11)5-12-9(6)4-7;/h1-2,4,8H,3,5,11H2;1H. The van der Waals surface area contributed by atoms with E-state index < -0.39 is 0 Å². The molecule has 0 spiro atoms. The van der Waals surface area contributed by atoms with Crippen LogP contribution < -0.4 is 10.5 Å². The highest BCUT2D eigenvalue weighted by atomic mass is 35.5. The van der Waals surface area contributed by atoms with Gasteiger partial charge in [0.1, 0.15) is 12.4 Å². The number of benzene rings is 1. The summed E-state index contributed by atoms with van der Waals surface area (Å²) in [7, 11) is 0. The summed E-state index contributed by atoms with van der Waals surface area (Å²) in [6.07, 6.45) is 0.881. The zero-order valence-electron chi connectivity index (χ0n) is 7.00. The van der Waals surface area contributed by atoms with E-state index in [9.17, 15) is 0 Å². The SMILES string of the molecule is Cl.NC1COc2cc(Cl)ccc2C1. The van der Waals surface area contributed by atoms with Gasteiger partial charge in [-0.1, -0.05) is 17.7 Å². The van der Waals surface area contributed by atoms with Crippen LogP contribution >= 0.6 is 24.0 Å². The molecule has 0 aliphatic carbocycles. The second-order valence-corrected chi connectivity index (χ2v) is 3.46. The molecule has 1 aliphatic heterocycles. The van der Waals surface area contributed by atoms with Crippen LogP contribution in [0.25, 0.3) is 0 Å². The van der Waals surface area contributed by atoms with E-state index in [-0.39, 0.29) is 18.4 Å². The van der Waals surface area contributed by atoms with Crippen LogP contribution in [0.5, 0.6) is 5.75 Å². The van der Waals surface area contributed by atoms with E-state index in [0.29, 0.717) is 11.6 Å². The van der Waals surface area contributed by atoms with Crippen molar-refractivity contribution in [3.8, 4) is 5.75 Å². The molecular formula is C9H11Cl2NO. The molecule has 0 fully saturated rings. The average molecular weight is 220 g/mol. The van der Waals surface area contributed by atoms with Gasteiger partial charge in [-0.3, -0.25) is 0 Å². The van der Waals surface area contributed by atoms with Crippen LogP contribution in [0, 0.1) is 0 Å². The number of rotatable bonds is 0. The summed E-state index contributed by atoms with van der Waals surface area (Å²) < 4.78 is 5.41. The van der Waals surface area contributed by atoms with Gasteiger partial charge in [0.15, 0.2) is 0 Å². The lowest BCUT2D eigenvalue weighted by atomic mass is 10.0. The fraction of sp³-hybridized carbons (Fsp3) is 0.333. The molecule has 2 nitrogen and oxygen atoms in total. The molecular weight excluding hydrogens is 209 g/mol. The van der Waals surface area contributed by atoms with Crippen LogP contribution in [0.1, 0.15) is 5.56 Å². The molecule has 1 atom stereocenters. The Labute approximate surface area is 88.4 Å². The van der Waals surface area contributed by atoms with Gasteiger partial charge in [0.05, 0.1) is 0 Å². The zero-order chi connectivity index (χ0) is 8.55. The molecule has 4 heteroatoms. The zero-order valence-corrected chi connectivity index (χ0v) is 8.57. The van der Waals surface area contributed by atoms with Crippen molar-refractivity contribution in [1.82, 2.24) is 0 Å². The molecule has 13 heavy (non-hydrogen) atoms. The number of nitrogens with two attached hydrogens (primary N) is 1. The van der Waals surface area contributed by atoms with Crippen molar-refractivity contribution >= 4 is 24.0 Å². The molecule has 0 saturated carbocycles. The topological polar surface area (TPSA) is 35.2 Å². The van der Waals surface area contributed by atoms with E-state index in [1.807, 2.05) is 18.2 Å². The second kappa shape index (κ2) is 4.18. The Bertz CT molecular complexity index is 304. The van der Waals surface area contributed by atoms with Crippen LogP contribution in [0.4, 0.5) is 0 Å². The van der Waals surface area contributed by atoms with Gasteiger partial charge in [-0.05, 0) is 24.1 Å². The molecule has 0 radical (unpaired) electrons. The summed E-state index contributed by atoms with van der Waals surface area (Å²) in [5.41, 5.74) is 6.88. The van der Waals surface area contributed by atoms with Crippen LogP contribution in [0.2, 0.25) is 5.02 Å². The van der Waals surface area contributed by atoms with Gasteiger partial charge in [-0.2, -0.15) is 0 Å². The van der Waals surface area contributed by atoms with E-state index in [0.717, 1.165) is 17.7 Å². The van der Waals surface area contributed by atoms with Crippen molar-refractivity contribution in [2.75, 3.05) is 6.61 Å². The maximum Gasteiger partial charge on any atom is 0.124 e. The Morgan fingerprint density at radius 3 is 3.00 bits per heavy atom. The molecule has 1 unspecified atom stereocenters. The Morgan fingerprint density at radius 2 is 2.23 bits per heavy atom. The van der Waals surface area contributed by atoms with Crippen molar-refractivity contribution in [3.05, 3.63) is 28.8 Å². The van der Waals surface area contributed by atoms with Crippen molar-refractivity contribution in [1.29, 1.82) is 0 Å². The average Bonchev–Trinajstić information content (AvgIpc) is 2.05. The predicted octanol–water partition coefficient (Wildman–Crippen LogP) is 2.02. The third-order valence-electron chi connectivity index (χ3n) is 1.96. The number of halogens is 2. The van der Waals surface area contributed by atoms with Crippen molar-refractivity contribution in [2.24, 2.45) is 5.73 Å². The van der Waals surface area contributed by atoms with Gasteiger partial charge >= 0.3 is 0 Å². The molecule has 72 valence electrons. The van der Waals surface area contributed by atoms with Crippen molar-refractivity contribution in [2.45, 2.75) is 12.5 Å². The first kappa shape index (κ1) is 10.6. The minimum Gasteiger partial charge on any atom is -0.492 e. The number of hydrogen-bond donors (Lipinski definition) is 1. The van der Waals surface area contributed by atoms with E-state index in [4.69, 9.17) is 22.1 Å². The Kier molecular flexibility index (Phi) is 3.42. The largest absolute Gasteiger partial charge is 0.492 e. The monoisotopic (exact) mass is 219 g/mol. The predicted molar refractivity (Wildman–Crippen MR) is 55.9 cm³/mol. The van der Waals surface area contributed by atoms with Gasteiger partial charge in [0.2, 0.25) is 0 Å². The molecule has 1 aromatic rings. The highest BCUT2D eigenvalue weighted by Crippen LogP contribution is 2.27. The fourth-order valence-electron chi connectivity index (χ4n) is 1.37. The van der Waals surface area contributed by atoms with E-state index in [1.165, 1.54) is 0 Å². The molecule has 2 N–H and O–H groups in total. The summed E-state index contributed by atoms with van der Waals surface area (Å²) >= 11 is 5.80. The number of fused-ring (bicyclic) bond motifs is 1. The molecule has 0 aromatic heterocycles. The molecule has 1 heterocycles. The number of ether oxygens (including phenoxy) is 1. The Balaban J connectivity index is 0.000000845. The van der Waals surface area contributed by atoms with Gasteiger partial charge in [-0.15, -0.1) is 12.4 Å². The Hall–Kier alpha value is -0.440. The first-order chi connectivity index (χ1) is 5.75. The first-order valence-corrected chi connectivity index (χ1v) is 4.30. The molecule has 2 rings (SSSR count). The van der Waals surface area contributed by atoms with Gasteiger partial charge in [0, 0.05) is 11.1 Å². The minimum atomic E-state index is 0. The number of hydrogen-bond acceptors (Lipinski definition) is 2. The van der Waals surface area contributed by atoms with Crippen molar-refractivity contribution < 1.29 is 4.74 Å². The molecule has 0 amide bonds. The molecule has 1 aliphatic rings. The molecule has 0 bridgehead atoms. The fourth-order valence-corrected chi connectivity index (χ4v) is 1.53. The van der Waals surface area contributed by atoms with E-state index >= 15 is 0 Å². The highest BCUT2D eigenvalue weighted by Gasteiger charge is 2.15. The first-order valence-electron chi connectivity index (χ1n) is 3.92. The van der Waals surface area contributed by atoms with E-state index in [2.05, 4.69) is 0 Å². The third-order valence-corrected chi connectivity index (χ3v) is 2.20. The molecule has 1 aromatic carbocycles. The smallest absolute Gasteiger partial charge is 0.124 e. The van der Waals surface area contributed by atoms with Gasteiger partial charge in [0.25, 0.3) is 0 Å². The Morgan fingerprint density at radius 1 is 1.46 bits per heavy atom. The van der Waals surface area contributed by atoms with E-state index in [1.54, 1.807) is 0 Å². The normalized spacial score (nSPS) is 19.7. The summed E-state index contributed by atoms with van der Waals surface area (Å²) in [5.74, 6) is 0.879. The molecule has 0 saturated heterocycles. The van der Waals surface area contributed by atoms with Crippen LogP contribution in [0.3, 0.4) is 0 Å². The van der Waals surface area contributed by atoms with Gasteiger partial charge in [-0.25, -0.2) is 0 Å². The third kappa shape index (κ3) is 2.27. The summed E-state index contributed by atoms with van der Waals surface area (Å²) in [6.45, 7) is 0.591. The maximum absolute atomic E-state index is 5.80. The summed E-state index contributed by atoms with van der Waals surface area (Å²) in [5, 5.41) is 0.712. The minimum absolute atomic E-state index is 0. The van der Waals surface area contributed by atoms with Crippen LogP contribution in [0.15, 0.2) is 18.2 Å². The van der Waals surface area contributed by atoms with Crippen LogP contribution in [-0.4, -0.2) is 12.6 Å². The lowest BCUT2D eigenvalue weighted by molar-refractivity contribution is 0.263. The lowest BCUT2D eigenvalue weighted by Crippen LogP contribution is -2.33. The van der Waals surface area contributed by atoms with Crippen LogP contribution in [-0.2, 0) is 6.42 Å². The summed E-state index contributed by atoms with van der Waals surface area (Å²) in [4.78, 5) is 0. The highest BCUT2D eigenvalue weighted by molar-refractivity contribution is 6.30. The lowest BCUT2D eigenvalue weighted by Gasteiger charge is -2.22.